The standard InChI is InChI=1S/C13H18ClN3O2S/c1-13(2,3)19-12(18)17-7-5-9(8-17)20-10-4-6-15-11(14)16-10/h4,6,9H,5,7-8H2,1-3H3/t9-/m1/s1. The monoisotopic (exact) mass is 315 g/mol. The molecule has 0 saturated carbocycles. The largest absolute Gasteiger partial charge is 0.444 e. The van der Waals surface area contributed by atoms with E-state index in [0.29, 0.717) is 18.3 Å². The fraction of sp³-hybridized carbons (Fsp3) is 0.615. The van der Waals surface area contributed by atoms with Crippen molar-refractivity contribution in [1.29, 1.82) is 0 Å². The van der Waals surface area contributed by atoms with Crippen LogP contribution in [0.4, 0.5) is 4.79 Å². The molecule has 0 N–H and O–H groups in total. The van der Waals surface area contributed by atoms with Crippen LogP contribution >= 0.6 is 23.4 Å². The Morgan fingerprint density at radius 3 is 2.95 bits per heavy atom. The molecule has 1 aliphatic heterocycles. The molecule has 0 bridgehead atoms. The Bertz CT molecular complexity index is 493. The first-order chi connectivity index (χ1) is 9.33. The molecule has 1 amide bonds. The molecule has 1 aromatic heterocycles. The molecule has 5 nitrogen and oxygen atoms in total. The highest BCUT2D eigenvalue weighted by Crippen LogP contribution is 2.29. The Labute approximate surface area is 128 Å². The van der Waals surface area contributed by atoms with E-state index in [9.17, 15) is 4.79 Å². The number of halogens is 1. The summed E-state index contributed by atoms with van der Waals surface area (Å²) in [6.45, 7) is 6.99. The van der Waals surface area contributed by atoms with Gasteiger partial charge in [0.15, 0.2) is 0 Å². The van der Waals surface area contributed by atoms with Crippen LogP contribution in [0, 0.1) is 0 Å². The molecule has 1 aromatic rings. The zero-order chi connectivity index (χ0) is 14.8. The molecule has 0 aromatic carbocycles. The lowest BCUT2D eigenvalue weighted by Gasteiger charge is -2.24. The predicted molar refractivity (Wildman–Crippen MR) is 79.1 cm³/mol. The molecule has 0 aliphatic carbocycles. The predicted octanol–water partition coefficient (Wildman–Crippen LogP) is 3.23. The maximum absolute atomic E-state index is 12.0. The molecule has 1 aliphatic rings. The normalized spacial score (nSPS) is 19.2. The van der Waals surface area contributed by atoms with Gasteiger partial charge >= 0.3 is 6.09 Å². The number of nitrogens with zero attached hydrogens (tertiary/aromatic N) is 3. The van der Waals surface area contributed by atoms with E-state index in [1.807, 2.05) is 26.8 Å². The summed E-state index contributed by atoms with van der Waals surface area (Å²) in [5.41, 5.74) is -0.456. The Hall–Kier alpha value is -1.01. The van der Waals surface area contributed by atoms with Crippen molar-refractivity contribution in [2.24, 2.45) is 0 Å². The number of hydrogen-bond donors (Lipinski definition) is 0. The van der Waals surface area contributed by atoms with Gasteiger partial charge in [-0.3, -0.25) is 0 Å². The molecule has 7 heteroatoms. The van der Waals surface area contributed by atoms with Gasteiger partial charge < -0.3 is 9.64 Å². The van der Waals surface area contributed by atoms with Gasteiger partial charge in [0.05, 0.1) is 0 Å². The van der Waals surface area contributed by atoms with Gasteiger partial charge in [0.1, 0.15) is 10.6 Å². The van der Waals surface area contributed by atoms with Crippen LogP contribution in [0.2, 0.25) is 5.28 Å². The number of amides is 1. The van der Waals surface area contributed by atoms with E-state index in [4.69, 9.17) is 16.3 Å². The van der Waals surface area contributed by atoms with E-state index in [0.717, 1.165) is 11.4 Å². The molecular weight excluding hydrogens is 298 g/mol. The molecule has 0 unspecified atom stereocenters. The highest BCUT2D eigenvalue weighted by molar-refractivity contribution is 7.99. The number of likely N-dealkylation sites (tertiary alicyclic amines) is 1. The third-order valence-corrected chi connectivity index (χ3v) is 4.05. The minimum atomic E-state index is -0.456. The first-order valence-corrected chi connectivity index (χ1v) is 7.72. The smallest absolute Gasteiger partial charge is 0.410 e. The Morgan fingerprint density at radius 1 is 1.55 bits per heavy atom. The summed E-state index contributed by atoms with van der Waals surface area (Å²) in [5, 5.41) is 1.39. The fourth-order valence-electron chi connectivity index (χ4n) is 1.87. The van der Waals surface area contributed by atoms with Gasteiger partial charge in [-0.1, -0.05) is 0 Å². The molecule has 1 atom stereocenters. The number of carbonyl (C=O) groups is 1. The summed E-state index contributed by atoms with van der Waals surface area (Å²) < 4.78 is 5.37. The van der Waals surface area contributed by atoms with Crippen molar-refractivity contribution in [2.75, 3.05) is 13.1 Å². The van der Waals surface area contributed by atoms with E-state index >= 15 is 0 Å². The summed E-state index contributed by atoms with van der Waals surface area (Å²) in [4.78, 5) is 21.7. The van der Waals surface area contributed by atoms with Gasteiger partial charge in [-0.25, -0.2) is 14.8 Å². The lowest BCUT2D eigenvalue weighted by Crippen LogP contribution is -2.35. The Morgan fingerprint density at radius 2 is 2.30 bits per heavy atom. The van der Waals surface area contributed by atoms with Gasteiger partial charge in [-0.2, -0.15) is 0 Å². The SMILES string of the molecule is CC(C)(C)OC(=O)N1CC[C@@H](Sc2ccnc(Cl)n2)C1. The lowest BCUT2D eigenvalue weighted by atomic mass is 10.2. The third-order valence-electron chi connectivity index (χ3n) is 2.68. The molecule has 20 heavy (non-hydrogen) atoms. The van der Waals surface area contributed by atoms with Crippen LogP contribution in [0.25, 0.3) is 0 Å². The van der Waals surface area contributed by atoms with Gasteiger partial charge in [-0.05, 0) is 44.9 Å². The maximum atomic E-state index is 12.0. The second-order valence-electron chi connectivity index (χ2n) is 5.62. The van der Waals surface area contributed by atoms with E-state index in [2.05, 4.69) is 9.97 Å². The molecular formula is C13H18ClN3O2S. The summed E-state index contributed by atoms with van der Waals surface area (Å²) >= 11 is 7.38. The van der Waals surface area contributed by atoms with Crippen molar-refractivity contribution in [1.82, 2.24) is 14.9 Å². The van der Waals surface area contributed by atoms with Gasteiger partial charge in [0, 0.05) is 24.5 Å². The number of carbonyl (C=O) groups excluding carboxylic acids is 1. The van der Waals surface area contributed by atoms with Gasteiger partial charge in [0.2, 0.25) is 5.28 Å². The van der Waals surface area contributed by atoms with E-state index in [1.54, 1.807) is 22.9 Å². The minimum Gasteiger partial charge on any atom is -0.444 e. The molecule has 1 fully saturated rings. The van der Waals surface area contributed by atoms with Crippen molar-refractivity contribution >= 4 is 29.5 Å². The number of aromatic nitrogens is 2. The van der Waals surface area contributed by atoms with Crippen molar-refractivity contribution in [3.05, 3.63) is 17.5 Å². The quantitative estimate of drug-likeness (QED) is 0.619. The number of ether oxygens (including phenoxy) is 1. The highest BCUT2D eigenvalue weighted by atomic mass is 35.5. The lowest BCUT2D eigenvalue weighted by molar-refractivity contribution is 0.0295. The van der Waals surface area contributed by atoms with Crippen molar-refractivity contribution in [2.45, 2.75) is 43.1 Å². The number of thioether (sulfide) groups is 1. The summed E-state index contributed by atoms with van der Waals surface area (Å²) in [6.07, 6.45) is 2.31. The van der Waals surface area contributed by atoms with Crippen LogP contribution in [0.3, 0.4) is 0 Å². The number of rotatable bonds is 2. The molecule has 2 heterocycles. The fourth-order valence-corrected chi connectivity index (χ4v) is 3.17. The van der Waals surface area contributed by atoms with Gasteiger partial charge in [-0.15, -0.1) is 11.8 Å². The average Bonchev–Trinajstić information content (AvgIpc) is 2.75. The second-order valence-corrected chi connectivity index (χ2v) is 7.28. The van der Waals surface area contributed by atoms with Crippen LogP contribution < -0.4 is 0 Å². The summed E-state index contributed by atoms with van der Waals surface area (Å²) in [6, 6.07) is 1.83. The number of hydrogen-bond acceptors (Lipinski definition) is 5. The van der Waals surface area contributed by atoms with Crippen molar-refractivity contribution < 1.29 is 9.53 Å². The summed E-state index contributed by atoms with van der Waals surface area (Å²) in [5.74, 6) is 0. The third kappa shape index (κ3) is 4.52. The molecule has 0 spiro atoms. The Balaban J connectivity index is 1.88. The van der Waals surface area contributed by atoms with Crippen LogP contribution in [-0.2, 0) is 4.74 Å². The van der Waals surface area contributed by atoms with Gasteiger partial charge in [0.25, 0.3) is 0 Å². The van der Waals surface area contributed by atoms with Crippen molar-refractivity contribution in [3.63, 3.8) is 0 Å². The van der Waals surface area contributed by atoms with E-state index < -0.39 is 5.60 Å². The van der Waals surface area contributed by atoms with E-state index in [-0.39, 0.29) is 11.4 Å². The minimum absolute atomic E-state index is 0.247. The Kier molecular flexibility index (Phi) is 4.75. The van der Waals surface area contributed by atoms with Crippen LogP contribution in [0.15, 0.2) is 17.3 Å². The van der Waals surface area contributed by atoms with E-state index in [1.165, 1.54) is 0 Å². The molecule has 1 saturated heterocycles. The highest BCUT2D eigenvalue weighted by Gasteiger charge is 2.30. The van der Waals surface area contributed by atoms with Crippen LogP contribution in [0.1, 0.15) is 27.2 Å². The molecule has 110 valence electrons. The van der Waals surface area contributed by atoms with Crippen LogP contribution in [-0.4, -0.2) is 44.9 Å². The average molecular weight is 316 g/mol. The zero-order valence-corrected chi connectivity index (χ0v) is 13.4. The summed E-state index contributed by atoms with van der Waals surface area (Å²) in [7, 11) is 0. The topological polar surface area (TPSA) is 55.3 Å². The molecule has 2 rings (SSSR count). The molecule has 0 radical (unpaired) electrons. The first kappa shape index (κ1) is 15.4. The second kappa shape index (κ2) is 6.18. The first-order valence-electron chi connectivity index (χ1n) is 6.46. The zero-order valence-electron chi connectivity index (χ0n) is 11.8. The maximum Gasteiger partial charge on any atom is 0.410 e. The van der Waals surface area contributed by atoms with Crippen molar-refractivity contribution in [3.8, 4) is 0 Å². The van der Waals surface area contributed by atoms with Crippen LogP contribution in [0.5, 0.6) is 0 Å².